The first-order valence-corrected chi connectivity index (χ1v) is 5.48. The van der Waals surface area contributed by atoms with E-state index >= 15 is 0 Å². The highest BCUT2D eigenvalue weighted by atomic mass is 35.5. The summed E-state index contributed by atoms with van der Waals surface area (Å²) in [5, 5.41) is 9.93. The quantitative estimate of drug-likeness (QED) is 0.273. The highest BCUT2D eigenvalue weighted by Gasteiger charge is 2.31. The molecular formula is C9H9Cl2N3O4. The lowest BCUT2D eigenvalue weighted by Crippen LogP contribution is -2.25. The number of carbonyl (C=O) groups excluding carboxylic acids is 1. The van der Waals surface area contributed by atoms with Gasteiger partial charge in [-0.2, -0.15) is 4.98 Å². The van der Waals surface area contributed by atoms with Crippen LogP contribution in [0.3, 0.4) is 0 Å². The smallest absolute Gasteiger partial charge is 0.364 e. The molecule has 0 unspecified atom stereocenters. The third-order valence-electron chi connectivity index (χ3n) is 1.59. The predicted molar refractivity (Wildman–Crippen MR) is 63.9 cm³/mol. The summed E-state index contributed by atoms with van der Waals surface area (Å²) in [6, 6.07) is 0. The number of halogens is 2. The molecule has 0 bridgehead atoms. The van der Waals surface area contributed by atoms with Crippen LogP contribution in [0.2, 0.25) is 10.4 Å². The van der Waals surface area contributed by atoms with Crippen molar-refractivity contribution in [1.29, 1.82) is 0 Å². The Morgan fingerprint density at radius 3 is 2.33 bits per heavy atom. The summed E-state index contributed by atoms with van der Waals surface area (Å²) < 4.78 is 4.97. The van der Waals surface area contributed by atoms with Gasteiger partial charge in [0.1, 0.15) is 5.60 Å². The number of aromatic nitrogens is 2. The summed E-state index contributed by atoms with van der Waals surface area (Å²) in [5.41, 5.74) is -2.12. The van der Waals surface area contributed by atoms with E-state index in [1.807, 2.05) is 0 Å². The van der Waals surface area contributed by atoms with Crippen molar-refractivity contribution in [2.45, 2.75) is 26.4 Å². The number of ether oxygens (including phenoxy) is 1. The van der Waals surface area contributed by atoms with Crippen LogP contribution in [0, 0.1) is 10.1 Å². The first-order valence-electron chi connectivity index (χ1n) is 4.72. The van der Waals surface area contributed by atoms with Gasteiger partial charge in [0.15, 0.2) is 0 Å². The fourth-order valence-electron chi connectivity index (χ4n) is 1.03. The van der Waals surface area contributed by atoms with E-state index in [1.165, 1.54) is 0 Å². The minimum absolute atomic E-state index is 0.369. The lowest BCUT2D eigenvalue weighted by Gasteiger charge is -2.18. The van der Waals surface area contributed by atoms with Gasteiger partial charge in [0.05, 0.1) is 4.92 Å². The molecule has 9 heteroatoms. The Labute approximate surface area is 112 Å². The van der Waals surface area contributed by atoms with Crippen molar-refractivity contribution >= 4 is 34.9 Å². The second-order valence-corrected chi connectivity index (χ2v) is 4.94. The Balaban J connectivity index is 3.31. The maximum atomic E-state index is 11.8. The SMILES string of the molecule is CC(C)(C)OC(=O)c1nc(Cl)nc(Cl)c1[N+](=O)[O-]. The second kappa shape index (κ2) is 5.03. The molecule has 0 atom stereocenters. The Morgan fingerprint density at radius 2 is 1.89 bits per heavy atom. The van der Waals surface area contributed by atoms with Crippen LogP contribution < -0.4 is 0 Å². The summed E-state index contributed by atoms with van der Waals surface area (Å²) in [4.78, 5) is 28.6. The molecule has 0 spiro atoms. The zero-order chi connectivity index (χ0) is 14.1. The van der Waals surface area contributed by atoms with Gasteiger partial charge in [-0.1, -0.05) is 11.6 Å². The van der Waals surface area contributed by atoms with Gasteiger partial charge in [-0.3, -0.25) is 10.1 Å². The molecule has 1 aromatic rings. The van der Waals surface area contributed by atoms with Gasteiger partial charge in [0.2, 0.25) is 16.1 Å². The van der Waals surface area contributed by atoms with E-state index in [0.717, 1.165) is 0 Å². The molecule has 0 radical (unpaired) electrons. The highest BCUT2D eigenvalue weighted by Crippen LogP contribution is 2.28. The summed E-state index contributed by atoms with van der Waals surface area (Å²) in [6.45, 7) is 4.84. The molecule has 7 nitrogen and oxygen atoms in total. The monoisotopic (exact) mass is 293 g/mol. The number of hydrogen-bond donors (Lipinski definition) is 0. The van der Waals surface area contributed by atoms with E-state index in [1.54, 1.807) is 20.8 Å². The largest absolute Gasteiger partial charge is 0.455 e. The Kier molecular flexibility index (Phi) is 4.08. The number of rotatable bonds is 2. The Morgan fingerprint density at radius 1 is 1.33 bits per heavy atom. The molecule has 0 aliphatic heterocycles. The standard InChI is InChI=1S/C9H9Cl2N3O4/c1-9(2,3)18-7(15)4-5(14(16)17)6(10)13-8(11)12-4/h1-3H3. The first kappa shape index (κ1) is 14.6. The molecule has 1 heterocycles. The molecule has 1 rings (SSSR count). The van der Waals surface area contributed by atoms with E-state index in [2.05, 4.69) is 9.97 Å². The van der Waals surface area contributed by atoms with Crippen molar-refractivity contribution in [3.63, 3.8) is 0 Å². The number of hydrogen-bond acceptors (Lipinski definition) is 6. The van der Waals surface area contributed by atoms with Crippen LogP contribution >= 0.6 is 23.2 Å². The first-order chi connectivity index (χ1) is 8.11. The lowest BCUT2D eigenvalue weighted by atomic mass is 10.2. The zero-order valence-electron chi connectivity index (χ0n) is 9.73. The van der Waals surface area contributed by atoms with Crippen LogP contribution in [-0.4, -0.2) is 26.5 Å². The predicted octanol–water partition coefficient (Wildman–Crippen LogP) is 2.65. The Bertz CT molecular complexity index is 513. The van der Waals surface area contributed by atoms with E-state index in [4.69, 9.17) is 27.9 Å². The van der Waals surface area contributed by atoms with E-state index < -0.39 is 33.0 Å². The van der Waals surface area contributed by atoms with Crippen molar-refractivity contribution in [2.24, 2.45) is 0 Å². The van der Waals surface area contributed by atoms with Crippen molar-refractivity contribution in [1.82, 2.24) is 9.97 Å². The maximum absolute atomic E-state index is 11.8. The number of carbonyl (C=O) groups is 1. The molecule has 18 heavy (non-hydrogen) atoms. The third kappa shape index (κ3) is 3.51. The summed E-state index contributed by atoms with van der Waals surface area (Å²) >= 11 is 11.1. The van der Waals surface area contributed by atoms with Crippen molar-refractivity contribution < 1.29 is 14.5 Å². The molecule has 0 N–H and O–H groups in total. The summed E-state index contributed by atoms with van der Waals surface area (Å²) in [5.74, 6) is -0.986. The minimum Gasteiger partial charge on any atom is -0.455 e. The van der Waals surface area contributed by atoms with Crippen molar-refractivity contribution in [3.05, 3.63) is 26.2 Å². The topological polar surface area (TPSA) is 95.2 Å². The zero-order valence-corrected chi connectivity index (χ0v) is 11.2. The molecule has 0 aromatic carbocycles. The van der Waals surface area contributed by atoms with Crippen LogP contribution in [0.15, 0.2) is 0 Å². The average Bonchev–Trinajstić information content (AvgIpc) is 2.12. The van der Waals surface area contributed by atoms with Crippen molar-refractivity contribution in [2.75, 3.05) is 0 Å². The van der Waals surface area contributed by atoms with Gasteiger partial charge in [0.25, 0.3) is 0 Å². The van der Waals surface area contributed by atoms with Gasteiger partial charge >= 0.3 is 11.7 Å². The minimum atomic E-state index is -0.986. The lowest BCUT2D eigenvalue weighted by molar-refractivity contribution is -0.385. The summed E-state index contributed by atoms with van der Waals surface area (Å²) in [6.07, 6.45) is 0. The number of nitrogens with zero attached hydrogens (tertiary/aromatic N) is 3. The van der Waals surface area contributed by atoms with Gasteiger partial charge in [-0.05, 0) is 32.4 Å². The van der Waals surface area contributed by atoms with E-state index in [0.29, 0.717) is 0 Å². The van der Waals surface area contributed by atoms with Gasteiger partial charge < -0.3 is 4.74 Å². The third-order valence-corrected chi connectivity index (χ3v) is 2.02. The second-order valence-electron chi connectivity index (χ2n) is 4.24. The molecule has 1 aromatic heterocycles. The van der Waals surface area contributed by atoms with Crippen LogP contribution in [0.4, 0.5) is 5.69 Å². The average molecular weight is 294 g/mol. The van der Waals surface area contributed by atoms with E-state index in [-0.39, 0.29) is 5.28 Å². The van der Waals surface area contributed by atoms with Gasteiger partial charge in [-0.15, -0.1) is 0 Å². The fourth-order valence-corrected chi connectivity index (χ4v) is 1.48. The van der Waals surface area contributed by atoms with E-state index in [9.17, 15) is 14.9 Å². The summed E-state index contributed by atoms with van der Waals surface area (Å²) in [7, 11) is 0. The van der Waals surface area contributed by atoms with Gasteiger partial charge in [-0.25, -0.2) is 9.78 Å². The highest BCUT2D eigenvalue weighted by molar-refractivity contribution is 6.33. The Hall–Kier alpha value is -1.47. The van der Waals surface area contributed by atoms with Crippen LogP contribution in [-0.2, 0) is 4.74 Å². The molecule has 0 aliphatic carbocycles. The fraction of sp³-hybridized carbons (Fsp3) is 0.444. The number of nitro groups is 1. The molecule has 98 valence electrons. The molecule has 0 aliphatic rings. The maximum Gasteiger partial charge on any atom is 0.364 e. The van der Waals surface area contributed by atoms with Crippen LogP contribution in [0.25, 0.3) is 0 Å². The van der Waals surface area contributed by atoms with Gasteiger partial charge in [0, 0.05) is 0 Å². The molecule has 0 saturated carbocycles. The molecular weight excluding hydrogens is 285 g/mol. The van der Waals surface area contributed by atoms with Crippen LogP contribution in [0.1, 0.15) is 31.3 Å². The number of esters is 1. The van der Waals surface area contributed by atoms with Crippen LogP contribution in [0.5, 0.6) is 0 Å². The molecule has 0 fully saturated rings. The normalized spacial score (nSPS) is 11.2. The molecule has 0 amide bonds. The van der Waals surface area contributed by atoms with Crippen molar-refractivity contribution in [3.8, 4) is 0 Å². The molecule has 0 saturated heterocycles.